The van der Waals surface area contributed by atoms with Crippen molar-refractivity contribution in [3.8, 4) is 0 Å². The minimum atomic E-state index is 0.265. The average molecular weight is 347 g/mol. The van der Waals surface area contributed by atoms with Crippen molar-refractivity contribution in [3.05, 3.63) is 46.4 Å². The molecule has 21 heavy (non-hydrogen) atoms. The van der Waals surface area contributed by atoms with E-state index in [1.807, 2.05) is 0 Å². The molecule has 3 N–H and O–H groups in total. The van der Waals surface area contributed by atoms with Gasteiger partial charge in [0.05, 0.1) is 0 Å². The fourth-order valence-corrected chi connectivity index (χ4v) is 4.10. The van der Waals surface area contributed by atoms with E-state index >= 15 is 0 Å². The number of halogens is 1. The van der Waals surface area contributed by atoms with Crippen LogP contribution in [0.2, 0.25) is 0 Å². The number of fused-ring (bicyclic) bond motifs is 1. The fraction of sp³-hybridized carbons (Fsp3) is 0.444. The molecule has 0 radical (unpaired) electrons. The zero-order valence-corrected chi connectivity index (χ0v) is 14.1. The van der Waals surface area contributed by atoms with Crippen molar-refractivity contribution in [3.63, 3.8) is 0 Å². The van der Waals surface area contributed by atoms with Crippen LogP contribution in [0.25, 0.3) is 10.8 Å². The van der Waals surface area contributed by atoms with E-state index in [-0.39, 0.29) is 6.04 Å². The Balaban J connectivity index is 1.91. The quantitative estimate of drug-likeness (QED) is 0.610. The number of hydrogen-bond donors (Lipinski definition) is 2. The lowest BCUT2D eigenvalue weighted by Gasteiger charge is -2.33. The third-order valence-electron chi connectivity index (χ3n) is 4.81. The molecule has 3 rings (SSSR count). The summed E-state index contributed by atoms with van der Waals surface area (Å²) < 4.78 is 1.12. The lowest BCUT2D eigenvalue weighted by Crippen LogP contribution is -2.35. The van der Waals surface area contributed by atoms with E-state index in [1.54, 1.807) is 0 Å². The van der Waals surface area contributed by atoms with E-state index in [9.17, 15) is 0 Å². The predicted octanol–water partition coefficient (Wildman–Crippen LogP) is 4.93. The zero-order chi connectivity index (χ0) is 14.8. The van der Waals surface area contributed by atoms with Crippen LogP contribution in [0, 0.1) is 11.8 Å². The maximum Gasteiger partial charge on any atom is 0.0488 e. The molecule has 2 aromatic rings. The summed E-state index contributed by atoms with van der Waals surface area (Å²) in [6.45, 7) is 2.36. The van der Waals surface area contributed by atoms with Gasteiger partial charge in [-0.2, -0.15) is 0 Å². The molecule has 2 nitrogen and oxygen atoms in total. The van der Waals surface area contributed by atoms with Crippen molar-refractivity contribution >= 4 is 26.7 Å². The first-order valence-electron chi connectivity index (χ1n) is 7.82. The lowest BCUT2D eigenvalue weighted by atomic mass is 9.77. The second-order valence-electron chi connectivity index (χ2n) is 6.43. The van der Waals surface area contributed by atoms with Crippen LogP contribution in [0.15, 0.2) is 40.9 Å². The molecule has 0 aromatic heterocycles. The molecule has 112 valence electrons. The first-order valence-corrected chi connectivity index (χ1v) is 8.62. The van der Waals surface area contributed by atoms with Gasteiger partial charge < -0.3 is 0 Å². The second kappa shape index (κ2) is 6.47. The monoisotopic (exact) mass is 346 g/mol. The minimum Gasteiger partial charge on any atom is -0.271 e. The molecule has 3 atom stereocenters. The fourth-order valence-electron chi connectivity index (χ4n) is 3.72. The van der Waals surface area contributed by atoms with Crippen LogP contribution in [0.3, 0.4) is 0 Å². The van der Waals surface area contributed by atoms with Gasteiger partial charge in [0.15, 0.2) is 0 Å². The molecule has 0 saturated heterocycles. The van der Waals surface area contributed by atoms with Crippen LogP contribution < -0.4 is 11.3 Å². The largest absolute Gasteiger partial charge is 0.271 e. The zero-order valence-electron chi connectivity index (χ0n) is 12.5. The van der Waals surface area contributed by atoms with Gasteiger partial charge >= 0.3 is 0 Å². The third kappa shape index (κ3) is 3.31. The molecular weight excluding hydrogens is 324 g/mol. The van der Waals surface area contributed by atoms with Crippen LogP contribution in [0.4, 0.5) is 0 Å². The van der Waals surface area contributed by atoms with Gasteiger partial charge in [-0.15, -0.1) is 0 Å². The summed E-state index contributed by atoms with van der Waals surface area (Å²) in [4.78, 5) is 0. The van der Waals surface area contributed by atoms with Crippen molar-refractivity contribution in [1.29, 1.82) is 0 Å². The molecule has 0 bridgehead atoms. The van der Waals surface area contributed by atoms with Crippen molar-refractivity contribution < 1.29 is 0 Å². The molecule has 1 aliphatic rings. The topological polar surface area (TPSA) is 38.0 Å². The first-order chi connectivity index (χ1) is 10.2. The highest BCUT2D eigenvalue weighted by molar-refractivity contribution is 9.10. The van der Waals surface area contributed by atoms with Gasteiger partial charge in [-0.3, -0.25) is 11.3 Å². The Morgan fingerprint density at radius 1 is 1.14 bits per heavy atom. The molecule has 3 heteroatoms. The minimum absolute atomic E-state index is 0.265. The van der Waals surface area contributed by atoms with Gasteiger partial charge in [0.25, 0.3) is 0 Å². The summed E-state index contributed by atoms with van der Waals surface area (Å²) in [5.41, 5.74) is 4.39. The Morgan fingerprint density at radius 3 is 2.67 bits per heavy atom. The number of benzene rings is 2. The Hall–Kier alpha value is -0.900. The van der Waals surface area contributed by atoms with Crippen LogP contribution in [-0.4, -0.2) is 0 Å². The Labute approximate surface area is 135 Å². The number of nitrogens with two attached hydrogens (primary N) is 1. The van der Waals surface area contributed by atoms with Crippen molar-refractivity contribution in [2.75, 3.05) is 0 Å². The Morgan fingerprint density at radius 2 is 1.90 bits per heavy atom. The van der Waals surface area contributed by atoms with E-state index in [1.165, 1.54) is 42.0 Å². The normalized spacial score (nSPS) is 24.1. The summed E-state index contributed by atoms with van der Waals surface area (Å²) in [6, 6.07) is 13.4. The SMILES string of the molecule is CC1CCCC(C(NN)c2ccc3cc(Br)ccc3c2)C1. The number of rotatable bonds is 3. The Bertz CT molecular complexity index is 626. The average Bonchev–Trinajstić information content (AvgIpc) is 2.48. The van der Waals surface area contributed by atoms with E-state index in [4.69, 9.17) is 5.84 Å². The van der Waals surface area contributed by atoms with Gasteiger partial charge in [-0.25, -0.2) is 0 Å². The summed E-state index contributed by atoms with van der Waals surface area (Å²) in [6.07, 6.45) is 5.23. The molecule has 1 saturated carbocycles. The highest BCUT2D eigenvalue weighted by Gasteiger charge is 2.27. The van der Waals surface area contributed by atoms with Gasteiger partial charge in [0.1, 0.15) is 0 Å². The third-order valence-corrected chi connectivity index (χ3v) is 5.31. The van der Waals surface area contributed by atoms with Crippen LogP contribution in [-0.2, 0) is 0 Å². The van der Waals surface area contributed by atoms with Gasteiger partial charge in [-0.1, -0.05) is 53.9 Å². The van der Waals surface area contributed by atoms with Crippen molar-refractivity contribution in [2.24, 2.45) is 17.7 Å². The summed E-state index contributed by atoms with van der Waals surface area (Å²) in [5, 5.41) is 2.54. The molecule has 0 spiro atoms. The van der Waals surface area contributed by atoms with Crippen LogP contribution in [0.1, 0.15) is 44.2 Å². The van der Waals surface area contributed by atoms with Gasteiger partial charge in [0.2, 0.25) is 0 Å². The van der Waals surface area contributed by atoms with Crippen LogP contribution >= 0.6 is 15.9 Å². The van der Waals surface area contributed by atoms with E-state index in [2.05, 4.69) is 64.7 Å². The summed E-state index contributed by atoms with van der Waals surface area (Å²) in [7, 11) is 0. The predicted molar refractivity (Wildman–Crippen MR) is 92.8 cm³/mol. The van der Waals surface area contributed by atoms with E-state index in [0.717, 1.165) is 10.4 Å². The number of nitrogens with one attached hydrogen (secondary N) is 1. The maximum atomic E-state index is 5.89. The molecule has 0 amide bonds. The summed E-state index contributed by atoms with van der Waals surface area (Å²) >= 11 is 3.53. The number of hydrazine groups is 1. The molecule has 0 aliphatic heterocycles. The Kier molecular flexibility index (Phi) is 4.63. The lowest BCUT2D eigenvalue weighted by molar-refractivity contribution is 0.224. The smallest absolute Gasteiger partial charge is 0.0488 e. The first kappa shape index (κ1) is 15.0. The van der Waals surface area contributed by atoms with Crippen molar-refractivity contribution in [1.82, 2.24) is 5.43 Å². The maximum absolute atomic E-state index is 5.89. The van der Waals surface area contributed by atoms with Gasteiger partial charge in [0, 0.05) is 10.5 Å². The highest BCUT2D eigenvalue weighted by atomic mass is 79.9. The van der Waals surface area contributed by atoms with Gasteiger partial charge in [-0.05, 0) is 59.2 Å². The highest BCUT2D eigenvalue weighted by Crippen LogP contribution is 2.37. The molecule has 0 heterocycles. The standard InChI is InChI=1S/C18H23BrN2/c1-12-3-2-4-15(9-12)18(21-20)16-6-5-14-11-17(19)8-7-13(14)10-16/h5-8,10-12,15,18,21H,2-4,9,20H2,1H3. The molecular formula is C18H23BrN2. The van der Waals surface area contributed by atoms with Crippen molar-refractivity contribution in [2.45, 2.75) is 38.6 Å². The van der Waals surface area contributed by atoms with E-state index in [0.29, 0.717) is 5.92 Å². The molecule has 1 aliphatic carbocycles. The van der Waals surface area contributed by atoms with Crippen LogP contribution in [0.5, 0.6) is 0 Å². The molecule has 1 fully saturated rings. The molecule has 2 aromatic carbocycles. The number of hydrogen-bond acceptors (Lipinski definition) is 2. The second-order valence-corrected chi connectivity index (χ2v) is 7.34. The summed E-state index contributed by atoms with van der Waals surface area (Å²) in [5.74, 6) is 7.35. The van der Waals surface area contributed by atoms with E-state index < -0.39 is 0 Å². The molecule has 3 unspecified atom stereocenters.